The van der Waals surface area contributed by atoms with Gasteiger partial charge in [-0.05, 0) is 19.3 Å². The quantitative estimate of drug-likeness (QED) is 0.760. The first-order valence-electron chi connectivity index (χ1n) is 5.83. The predicted molar refractivity (Wildman–Crippen MR) is 61.6 cm³/mol. The van der Waals surface area contributed by atoms with E-state index in [9.17, 15) is 0 Å². The third kappa shape index (κ3) is 1.43. The van der Waals surface area contributed by atoms with E-state index >= 15 is 0 Å². The molecular formula is C11H15N5. The second-order valence-electron chi connectivity index (χ2n) is 4.13. The Bertz CT molecular complexity index is 498. The molecule has 1 fully saturated rings. The molecule has 0 aromatic carbocycles. The first-order valence-corrected chi connectivity index (χ1v) is 5.83. The number of aromatic nitrogens is 4. The van der Waals surface area contributed by atoms with Crippen LogP contribution in [-0.2, 0) is 6.42 Å². The normalized spacial score (nSPS) is 16.2. The Morgan fingerprint density at radius 1 is 1.31 bits per heavy atom. The minimum absolute atomic E-state index is 0.709. The smallest absolute Gasteiger partial charge is 0.254 e. The van der Waals surface area contributed by atoms with Crippen molar-refractivity contribution in [3.8, 4) is 0 Å². The van der Waals surface area contributed by atoms with E-state index in [0.29, 0.717) is 5.78 Å². The van der Waals surface area contributed by atoms with Crippen molar-refractivity contribution in [2.24, 2.45) is 0 Å². The minimum atomic E-state index is 0.709. The number of aryl methyl sites for hydroxylation is 1. The fourth-order valence-corrected chi connectivity index (χ4v) is 2.20. The Hall–Kier alpha value is -1.65. The van der Waals surface area contributed by atoms with Crippen molar-refractivity contribution >= 4 is 11.6 Å². The maximum Gasteiger partial charge on any atom is 0.254 e. The molecule has 1 saturated heterocycles. The summed E-state index contributed by atoms with van der Waals surface area (Å²) in [6.07, 6.45) is 5.03. The molecule has 5 heteroatoms. The van der Waals surface area contributed by atoms with Gasteiger partial charge in [-0.2, -0.15) is 14.6 Å². The monoisotopic (exact) mass is 217 g/mol. The number of nitrogens with zero attached hydrogens (tertiary/aromatic N) is 5. The maximum absolute atomic E-state index is 4.45. The fourth-order valence-electron chi connectivity index (χ4n) is 2.20. The Morgan fingerprint density at radius 3 is 2.88 bits per heavy atom. The van der Waals surface area contributed by atoms with Crippen molar-refractivity contribution in [1.29, 1.82) is 0 Å². The highest BCUT2D eigenvalue weighted by Gasteiger charge is 2.17. The summed E-state index contributed by atoms with van der Waals surface area (Å²) in [5.74, 6) is 1.85. The molecule has 3 heterocycles. The molecule has 0 saturated carbocycles. The lowest BCUT2D eigenvalue weighted by Crippen LogP contribution is -2.21. The van der Waals surface area contributed by atoms with E-state index in [1.54, 1.807) is 6.33 Å². The zero-order valence-corrected chi connectivity index (χ0v) is 9.43. The molecule has 0 spiro atoms. The number of hydrogen-bond donors (Lipinski definition) is 0. The Labute approximate surface area is 94.1 Å². The predicted octanol–water partition coefficient (Wildman–Crippen LogP) is 1.29. The highest BCUT2D eigenvalue weighted by molar-refractivity contribution is 5.47. The van der Waals surface area contributed by atoms with Gasteiger partial charge in [0.2, 0.25) is 0 Å². The fraction of sp³-hybridized carbons (Fsp3) is 0.545. The minimum Gasteiger partial charge on any atom is -0.356 e. The number of anilines is 1. The van der Waals surface area contributed by atoms with Gasteiger partial charge in [0.05, 0.1) is 0 Å². The lowest BCUT2D eigenvalue weighted by Gasteiger charge is -2.18. The van der Waals surface area contributed by atoms with Gasteiger partial charge in [-0.15, -0.1) is 0 Å². The van der Waals surface area contributed by atoms with Crippen LogP contribution in [0.15, 0.2) is 12.4 Å². The van der Waals surface area contributed by atoms with Gasteiger partial charge < -0.3 is 4.90 Å². The molecule has 16 heavy (non-hydrogen) atoms. The topological polar surface area (TPSA) is 46.3 Å². The van der Waals surface area contributed by atoms with Crippen molar-refractivity contribution < 1.29 is 0 Å². The average molecular weight is 217 g/mol. The van der Waals surface area contributed by atoms with E-state index in [-0.39, 0.29) is 0 Å². The number of hydrogen-bond acceptors (Lipinski definition) is 4. The molecule has 3 rings (SSSR count). The van der Waals surface area contributed by atoms with Gasteiger partial charge in [0.1, 0.15) is 12.1 Å². The number of fused-ring (bicyclic) bond motifs is 1. The zero-order valence-electron chi connectivity index (χ0n) is 9.43. The molecule has 0 amide bonds. The van der Waals surface area contributed by atoms with Crippen molar-refractivity contribution in [2.45, 2.75) is 26.2 Å². The summed E-state index contributed by atoms with van der Waals surface area (Å²) in [6.45, 7) is 4.34. The van der Waals surface area contributed by atoms with E-state index in [1.807, 2.05) is 4.52 Å². The van der Waals surface area contributed by atoms with Crippen molar-refractivity contribution in [2.75, 3.05) is 18.0 Å². The van der Waals surface area contributed by atoms with Crippen LogP contribution in [0.1, 0.15) is 25.5 Å². The average Bonchev–Trinajstić information content (AvgIpc) is 2.98. The molecule has 5 nitrogen and oxygen atoms in total. The van der Waals surface area contributed by atoms with Gasteiger partial charge in [-0.1, -0.05) is 6.92 Å². The third-order valence-electron chi connectivity index (χ3n) is 3.08. The standard InChI is InChI=1S/C11H15N5/c1-2-9-7-10(15-5-3-4-6-15)16-11(14-9)12-8-13-16/h7-8H,2-6H2,1H3. The van der Waals surface area contributed by atoms with Crippen molar-refractivity contribution in [3.05, 3.63) is 18.1 Å². The Kier molecular flexibility index (Phi) is 2.23. The lowest BCUT2D eigenvalue weighted by molar-refractivity contribution is 0.838. The van der Waals surface area contributed by atoms with Crippen LogP contribution in [0, 0.1) is 0 Å². The first-order chi connectivity index (χ1) is 7.88. The molecule has 0 aliphatic carbocycles. The summed E-state index contributed by atoms with van der Waals surface area (Å²) in [5.41, 5.74) is 1.09. The molecule has 0 radical (unpaired) electrons. The van der Waals surface area contributed by atoms with Gasteiger partial charge in [-0.3, -0.25) is 0 Å². The van der Waals surface area contributed by atoms with E-state index in [0.717, 1.165) is 31.0 Å². The lowest BCUT2D eigenvalue weighted by atomic mass is 10.3. The molecule has 0 N–H and O–H groups in total. The van der Waals surface area contributed by atoms with Crippen molar-refractivity contribution in [3.63, 3.8) is 0 Å². The van der Waals surface area contributed by atoms with Crippen LogP contribution in [0.3, 0.4) is 0 Å². The van der Waals surface area contributed by atoms with Crippen LogP contribution < -0.4 is 4.90 Å². The van der Waals surface area contributed by atoms with Crippen LogP contribution in [-0.4, -0.2) is 32.7 Å². The summed E-state index contributed by atoms with van der Waals surface area (Å²) in [6, 6.07) is 2.13. The second-order valence-corrected chi connectivity index (χ2v) is 4.13. The van der Waals surface area contributed by atoms with Gasteiger partial charge in [0, 0.05) is 24.8 Å². The Balaban J connectivity index is 2.15. The Morgan fingerprint density at radius 2 is 2.12 bits per heavy atom. The van der Waals surface area contributed by atoms with E-state index < -0.39 is 0 Å². The van der Waals surface area contributed by atoms with Crippen LogP contribution in [0.4, 0.5) is 5.82 Å². The highest BCUT2D eigenvalue weighted by Crippen LogP contribution is 2.20. The van der Waals surface area contributed by atoms with Crippen LogP contribution in [0.5, 0.6) is 0 Å². The summed E-state index contributed by atoms with van der Waals surface area (Å²) >= 11 is 0. The van der Waals surface area contributed by atoms with Crippen molar-refractivity contribution in [1.82, 2.24) is 19.6 Å². The molecule has 2 aromatic heterocycles. The van der Waals surface area contributed by atoms with Gasteiger partial charge in [0.25, 0.3) is 5.78 Å². The summed E-state index contributed by atoms with van der Waals surface area (Å²) in [4.78, 5) is 11.0. The SMILES string of the molecule is CCc1cc(N2CCCC2)n2ncnc2n1. The van der Waals surface area contributed by atoms with E-state index in [1.165, 1.54) is 12.8 Å². The molecule has 2 aromatic rings. The summed E-state index contributed by atoms with van der Waals surface area (Å²) < 4.78 is 1.84. The number of rotatable bonds is 2. The van der Waals surface area contributed by atoms with E-state index in [4.69, 9.17) is 0 Å². The molecule has 84 valence electrons. The summed E-state index contributed by atoms with van der Waals surface area (Å²) in [5, 5.41) is 4.24. The van der Waals surface area contributed by atoms with Gasteiger partial charge in [0.15, 0.2) is 0 Å². The van der Waals surface area contributed by atoms with Crippen LogP contribution in [0.25, 0.3) is 5.78 Å². The molecule has 1 aliphatic heterocycles. The third-order valence-corrected chi connectivity index (χ3v) is 3.08. The molecular weight excluding hydrogens is 202 g/mol. The summed E-state index contributed by atoms with van der Waals surface area (Å²) in [7, 11) is 0. The largest absolute Gasteiger partial charge is 0.356 e. The highest BCUT2D eigenvalue weighted by atomic mass is 15.4. The molecule has 0 unspecified atom stereocenters. The second kappa shape index (κ2) is 3.73. The van der Waals surface area contributed by atoms with Gasteiger partial charge >= 0.3 is 0 Å². The van der Waals surface area contributed by atoms with E-state index in [2.05, 4.69) is 33.0 Å². The first kappa shape index (κ1) is 9.57. The van der Waals surface area contributed by atoms with Crippen LogP contribution >= 0.6 is 0 Å². The molecule has 1 aliphatic rings. The van der Waals surface area contributed by atoms with Crippen LogP contribution in [0.2, 0.25) is 0 Å². The van der Waals surface area contributed by atoms with Gasteiger partial charge in [-0.25, -0.2) is 4.98 Å². The molecule has 0 atom stereocenters. The maximum atomic E-state index is 4.45. The zero-order chi connectivity index (χ0) is 11.0. The molecule has 0 bridgehead atoms.